The monoisotopic (exact) mass is 250 g/mol. The lowest BCUT2D eigenvalue weighted by Crippen LogP contribution is -2.04. The fourth-order valence-corrected chi connectivity index (χ4v) is 1.80. The van der Waals surface area contributed by atoms with E-state index in [-0.39, 0.29) is 5.92 Å². The fraction of sp³-hybridized carbons (Fsp3) is 0.417. The Morgan fingerprint density at radius 1 is 1.29 bits per heavy atom. The molecule has 0 spiro atoms. The molecule has 0 amide bonds. The van der Waals surface area contributed by atoms with Gasteiger partial charge in [0.25, 0.3) is 0 Å². The van der Waals surface area contributed by atoms with Crippen LogP contribution in [0.2, 0.25) is 5.15 Å². The zero-order valence-corrected chi connectivity index (χ0v) is 11.2. The van der Waals surface area contributed by atoms with Gasteiger partial charge in [0.15, 0.2) is 0 Å². The van der Waals surface area contributed by atoms with E-state index in [2.05, 4.69) is 15.1 Å². The van der Waals surface area contributed by atoms with Gasteiger partial charge >= 0.3 is 0 Å². The molecule has 0 aliphatic heterocycles. The summed E-state index contributed by atoms with van der Waals surface area (Å²) < 4.78 is 1.79. The maximum absolute atomic E-state index is 6.15. The molecular weight excluding hydrogens is 236 g/mol. The number of aromatic nitrogens is 4. The standard InChI is InChI=1S/C12H15ClN4/c1-7(2)12-15-10(8(3)11(13)16-12)9-5-6-14-17(9)4/h5-7H,1-4H3. The third kappa shape index (κ3) is 2.17. The lowest BCUT2D eigenvalue weighted by atomic mass is 10.1. The SMILES string of the molecule is Cc1c(Cl)nc(C(C)C)nc1-c1ccnn1C. The molecule has 5 heteroatoms. The van der Waals surface area contributed by atoms with Gasteiger partial charge in [0.1, 0.15) is 11.0 Å². The van der Waals surface area contributed by atoms with Crippen molar-refractivity contribution in [3.8, 4) is 11.4 Å². The Morgan fingerprint density at radius 3 is 2.53 bits per heavy atom. The lowest BCUT2D eigenvalue weighted by molar-refractivity contribution is 0.753. The van der Waals surface area contributed by atoms with E-state index < -0.39 is 0 Å². The lowest BCUT2D eigenvalue weighted by Gasteiger charge is -2.11. The number of hydrogen-bond donors (Lipinski definition) is 0. The minimum atomic E-state index is 0.250. The van der Waals surface area contributed by atoms with E-state index >= 15 is 0 Å². The molecule has 4 nitrogen and oxygen atoms in total. The van der Waals surface area contributed by atoms with E-state index in [0.29, 0.717) is 5.15 Å². The predicted octanol–water partition coefficient (Wildman–Crippen LogP) is 2.96. The third-order valence-electron chi connectivity index (χ3n) is 2.68. The fourth-order valence-electron chi connectivity index (χ4n) is 1.62. The maximum atomic E-state index is 6.15. The Balaban J connectivity index is 2.65. The highest BCUT2D eigenvalue weighted by Gasteiger charge is 2.15. The van der Waals surface area contributed by atoms with Crippen molar-refractivity contribution >= 4 is 11.6 Å². The summed E-state index contributed by atoms with van der Waals surface area (Å²) in [6.07, 6.45) is 1.75. The average Bonchev–Trinajstić information content (AvgIpc) is 2.68. The first kappa shape index (κ1) is 12.0. The minimum Gasteiger partial charge on any atom is -0.266 e. The zero-order chi connectivity index (χ0) is 12.6. The average molecular weight is 251 g/mol. The van der Waals surface area contributed by atoms with Gasteiger partial charge in [-0.3, -0.25) is 4.68 Å². The molecule has 90 valence electrons. The third-order valence-corrected chi connectivity index (χ3v) is 3.05. The largest absolute Gasteiger partial charge is 0.266 e. The molecule has 0 unspecified atom stereocenters. The summed E-state index contributed by atoms with van der Waals surface area (Å²) in [5, 5.41) is 4.67. The van der Waals surface area contributed by atoms with E-state index in [1.165, 1.54) is 0 Å². The summed E-state index contributed by atoms with van der Waals surface area (Å²) in [7, 11) is 1.89. The van der Waals surface area contributed by atoms with Crippen LogP contribution in [0.4, 0.5) is 0 Å². The van der Waals surface area contributed by atoms with Crippen LogP contribution < -0.4 is 0 Å². The van der Waals surface area contributed by atoms with Crippen LogP contribution in [-0.2, 0) is 7.05 Å². The van der Waals surface area contributed by atoms with Gasteiger partial charge in [0.05, 0.1) is 11.4 Å². The van der Waals surface area contributed by atoms with Gasteiger partial charge < -0.3 is 0 Å². The number of halogens is 1. The van der Waals surface area contributed by atoms with Crippen LogP contribution in [0.5, 0.6) is 0 Å². The molecule has 17 heavy (non-hydrogen) atoms. The van der Waals surface area contributed by atoms with Gasteiger partial charge in [-0.05, 0) is 13.0 Å². The van der Waals surface area contributed by atoms with Crippen LogP contribution in [-0.4, -0.2) is 19.7 Å². The van der Waals surface area contributed by atoms with Crippen LogP contribution in [0.15, 0.2) is 12.3 Å². The molecular formula is C12H15ClN4. The molecule has 2 aromatic heterocycles. The van der Waals surface area contributed by atoms with E-state index in [0.717, 1.165) is 22.8 Å². The highest BCUT2D eigenvalue weighted by molar-refractivity contribution is 6.30. The van der Waals surface area contributed by atoms with Crippen molar-refractivity contribution in [3.63, 3.8) is 0 Å². The first-order chi connectivity index (χ1) is 8.00. The second-order valence-corrected chi connectivity index (χ2v) is 4.70. The molecule has 0 bridgehead atoms. The summed E-state index contributed by atoms with van der Waals surface area (Å²) in [5.41, 5.74) is 2.70. The van der Waals surface area contributed by atoms with Crippen molar-refractivity contribution < 1.29 is 0 Å². The van der Waals surface area contributed by atoms with Crippen molar-refractivity contribution in [2.45, 2.75) is 26.7 Å². The smallest absolute Gasteiger partial charge is 0.136 e. The minimum absolute atomic E-state index is 0.250. The molecule has 0 fully saturated rings. The van der Waals surface area contributed by atoms with Gasteiger partial charge in [-0.2, -0.15) is 5.10 Å². The van der Waals surface area contributed by atoms with Crippen LogP contribution >= 0.6 is 11.6 Å². The summed E-state index contributed by atoms with van der Waals surface area (Å²) in [6, 6.07) is 1.93. The summed E-state index contributed by atoms with van der Waals surface area (Å²) >= 11 is 6.15. The van der Waals surface area contributed by atoms with Gasteiger partial charge in [0, 0.05) is 24.7 Å². The Kier molecular flexibility index (Phi) is 3.15. The van der Waals surface area contributed by atoms with E-state index in [4.69, 9.17) is 11.6 Å². The van der Waals surface area contributed by atoms with Crippen molar-refractivity contribution in [2.75, 3.05) is 0 Å². The molecule has 0 aromatic carbocycles. The quantitative estimate of drug-likeness (QED) is 0.770. The van der Waals surface area contributed by atoms with Crippen molar-refractivity contribution in [1.29, 1.82) is 0 Å². The summed E-state index contributed by atoms with van der Waals surface area (Å²) in [5.74, 6) is 1.01. The zero-order valence-electron chi connectivity index (χ0n) is 10.4. The molecule has 2 heterocycles. The van der Waals surface area contributed by atoms with E-state index in [1.54, 1.807) is 10.9 Å². The normalized spacial score (nSPS) is 11.2. The highest BCUT2D eigenvalue weighted by atomic mass is 35.5. The number of hydrogen-bond acceptors (Lipinski definition) is 3. The summed E-state index contributed by atoms with van der Waals surface area (Å²) in [6.45, 7) is 6.02. The Bertz CT molecular complexity index is 545. The van der Waals surface area contributed by atoms with Crippen molar-refractivity contribution in [3.05, 3.63) is 28.8 Å². The molecule has 2 rings (SSSR count). The number of nitrogens with zero attached hydrogens (tertiary/aromatic N) is 4. The van der Waals surface area contributed by atoms with E-state index in [1.807, 2.05) is 33.9 Å². The first-order valence-electron chi connectivity index (χ1n) is 5.53. The molecule has 2 aromatic rings. The van der Waals surface area contributed by atoms with E-state index in [9.17, 15) is 0 Å². The maximum Gasteiger partial charge on any atom is 0.136 e. The van der Waals surface area contributed by atoms with Crippen LogP contribution in [0.25, 0.3) is 11.4 Å². The van der Waals surface area contributed by atoms with Crippen molar-refractivity contribution in [2.24, 2.45) is 7.05 Å². The molecule has 0 saturated carbocycles. The van der Waals surface area contributed by atoms with Crippen molar-refractivity contribution in [1.82, 2.24) is 19.7 Å². The molecule has 0 saturated heterocycles. The molecule has 0 N–H and O–H groups in total. The second-order valence-electron chi connectivity index (χ2n) is 4.34. The van der Waals surface area contributed by atoms with Crippen LogP contribution in [0.3, 0.4) is 0 Å². The Morgan fingerprint density at radius 2 is 2.00 bits per heavy atom. The second kappa shape index (κ2) is 4.45. The topological polar surface area (TPSA) is 43.6 Å². The molecule has 0 aliphatic rings. The number of rotatable bonds is 2. The summed E-state index contributed by atoms with van der Waals surface area (Å²) in [4.78, 5) is 8.88. The van der Waals surface area contributed by atoms with Gasteiger partial charge in [-0.25, -0.2) is 9.97 Å². The van der Waals surface area contributed by atoms with Gasteiger partial charge in [0.2, 0.25) is 0 Å². The Hall–Kier alpha value is -1.42. The van der Waals surface area contributed by atoms with Gasteiger partial charge in [-0.15, -0.1) is 0 Å². The Labute approximate surface area is 106 Å². The highest BCUT2D eigenvalue weighted by Crippen LogP contribution is 2.26. The first-order valence-corrected chi connectivity index (χ1v) is 5.91. The number of aryl methyl sites for hydroxylation is 1. The predicted molar refractivity (Wildman–Crippen MR) is 68.1 cm³/mol. The van der Waals surface area contributed by atoms with Crippen LogP contribution in [0.1, 0.15) is 31.2 Å². The molecule has 0 atom stereocenters. The molecule has 0 aliphatic carbocycles. The molecule has 0 radical (unpaired) electrons. The van der Waals surface area contributed by atoms with Gasteiger partial charge in [-0.1, -0.05) is 25.4 Å². The van der Waals surface area contributed by atoms with Crippen LogP contribution in [0, 0.1) is 6.92 Å².